The van der Waals surface area contributed by atoms with Gasteiger partial charge in [0.2, 0.25) is 0 Å². The molecule has 0 aliphatic rings. The molecule has 2 heterocycles. The quantitative estimate of drug-likeness (QED) is 0.486. The van der Waals surface area contributed by atoms with E-state index >= 15 is 0 Å². The van der Waals surface area contributed by atoms with Gasteiger partial charge >= 0.3 is 11.9 Å². The normalized spacial score (nSPS) is 9.78. The number of fused-ring (bicyclic) bond motifs is 2. The number of carboxylic acid groups (broad SMARTS) is 2. The molecule has 2 aromatic carbocycles. The Kier molecular flexibility index (Phi) is 6.69. The van der Waals surface area contributed by atoms with E-state index < -0.39 is 11.9 Å². The molecular weight excluding hydrogens is 398 g/mol. The maximum absolute atomic E-state index is 10.6. The van der Waals surface area contributed by atoms with Gasteiger partial charge in [0.05, 0.1) is 11.0 Å². The van der Waals surface area contributed by atoms with Gasteiger partial charge in [-0.25, -0.2) is 19.6 Å². The summed E-state index contributed by atoms with van der Waals surface area (Å²) in [5, 5.41) is 19.3. The van der Waals surface area contributed by atoms with E-state index in [1.165, 1.54) is 12.1 Å². The molecule has 4 aromatic rings. The molecular formula is C20H14N2O4Zn. The van der Waals surface area contributed by atoms with Gasteiger partial charge in [0.25, 0.3) is 0 Å². The fourth-order valence-electron chi connectivity index (χ4n) is 2.37. The van der Waals surface area contributed by atoms with Crippen LogP contribution >= 0.6 is 0 Å². The number of para-hydroxylation sites is 2. The van der Waals surface area contributed by atoms with Crippen LogP contribution in [-0.4, -0.2) is 32.1 Å². The van der Waals surface area contributed by atoms with Crippen LogP contribution in [0, 0.1) is 0 Å². The van der Waals surface area contributed by atoms with Gasteiger partial charge in [-0.3, -0.25) is 0 Å². The van der Waals surface area contributed by atoms with Gasteiger partial charge in [0, 0.05) is 30.3 Å². The number of hydrogen-bond donors (Lipinski definition) is 2. The average Bonchev–Trinajstić information content (AvgIpc) is 2.67. The minimum atomic E-state index is -0.995. The average molecular weight is 412 g/mol. The van der Waals surface area contributed by atoms with Crippen molar-refractivity contribution in [2.45, 2.75) is 0 Å². The summed E-state index contributed by atoms with van der Waals surface area (Å²) in [4.78, 5) is 29.1. The first-order chi connectivity index (χ1) is 12.5. The summed E-state index contributed by atoms with van der Waals surface area (Å²) in [5.41, 5.74) is 1.59. The molecule has 0 unspecified atom stereocenters. The summed E-state index contributed by atoms with van der Waals surface area (Å²) in [6.45, 7) is 0. The van der Waals surface area contributed by atoms with E-state index in [1.807, 2.05) is 36.4 Å². The number of nitrogens with zero attached hydrogens (tertiary/aromatic N) is 2. The number of aromatic nitrogens is 2. The Morgan fingerprint density at radius 3 is 1.33 bits per heavy atom. The second-order valence-electron chi connectivity index (χ2n) is 5.39. The Morgan fingerprint density at radius 1 is 0.593 bits per heavy atom. The summed E-state index contributed by atoms with van der Waals surface area (Å²) in [5.74, 6) is -1.99. The summed E-state index contributed by atoms with van der Waals surface area (Å²) >= 11 is 0. The molecule has 0 radical (unpaired) electrons. The van der Waals surface area contributed by atoms with Crippen molar-refractivity contribution >= 4 is 33.7 Å². The van der Waals surface area contributed by atoms with Crippen LogP contribution in [0.2, 0.25) is 0 Å². The molecule has 0 fully saturated rings. The van der Waals surface area contributed by atoms with Crippen molar-refractivity contribution in [2.24, 2.45) is 0 Å². The SMILES string of the molecule is O=C(O)c1ccc2ccccc2n1.O=C(O)c1ccc2ccccc2n1.[Zn]. The fourth-order valence-corrected chi connectivity index (χ4v) is 2.37. The third kappa shape index (κ3) is 4.93. The molecule has 4 rings (SSSR count). The Morgan fingerprint density at radius 2 is 0.963 bits per heavy atom. The van der Waals surface area contributed by atoms with E-state index in [-0.39, 0.29) is 30.9 Å². The van der Waals surface area contributed by atoms with Crippen molar-refractivity contribution in [3.05, 3.63) is 84.2 Å². The minimum absolute atomic E-state index is 0. The standard InChI is InChI=1S/2C10H7NO2.Zn/c2*12-10(13)9-6-5-7-3-1-2-4-8(7)11-9;/h2*1-6H,(H,12,13);. The molecule has 0 aliphatic heterocycles. The van der Waals surface area contributed by atoms with Crippen molar-refractivity contribution in [1.29, 1.82) is 0 Å². The van der Waals surface area contributed by atoms with Gasteiger partial charge < -0.3 is 10.2 Å². The molecule has 7 heteroatoms. The second-order valence-corrected chi connectivity index (χ2v) is 5.39. The van der Waals surface area contributed by atoms with Gasteiger partial charge in [-0.15, -0.1) is 0 Å². The minimum Gasteiger partial charge on any atom is -0.477 e. The summed E-state index contributed by atoms with van der Waals surface area (Å²) in [6, 6.07) is 21.4. The number of rotatable bonds is 2. The van der Waals surface area contributed by atoms with Crippen LogP contribution in [0.15, 0.2) is 72.8 Å². The molecule has 0 saturated carbocycles. The van der Waals surface area contributed by atoms with Crippen LogP contribution < -0.4 is 0 Å². The predicted octanol–water partition coefficient (Wildman–Crippen LogP) is 3.86. The van der Waals surface area contributed by atoms with Crippen molar-refractivity contribution in [3.8, 4) is 0 Å². The molecule has 0 aliphatic carbocycles. The zero-order valence-electron chi connectivity index (χ0n) is 14.2. The molecule has 0 atom stereocenters. The molecule has 0 spiro atoms. The monoisotopic (exact) mass is 410 g/mol. The van der Waals surface area contributed by atoms with Gasteiger partial charge in [0.1, 0.15) is 11.4 Å². The van der Waals surface area contributed by atoms with Crippen LogP contribution in [0.1, 0.15) is 21.0 Å². The van der Waals surface area contributed by atoms with E-state index in [9.17, 15) is 9.59 Å². The molecule has 27 heavy (non-hydrogen) atoms. The van der Waals surface area contributed by atoms with Gasteiger partial charge in [-0.2, -0.15) is 0 Å². The van der Waals surface area contributed by atoms with E-state index in [2.05, 4.69) is 9.97 Å². The fraction of sp³-hybridized carbons (Fsp3) is 0. The van der Waals surface area contributed by atoms with Crippen LogP contribution in [0.3, 0.4) is 0 Å². The van der Waals surface area contributed by atoms with Crippen LogP contribution in [0.5, 0.6) is 0 Å². The van der Waals surface area contributed by atoms with Crippen molar-refractivity contribution in [3.63, 3.8) is 0 Å². The largest absolute Gasteiger partial charge is 0.477 e. The molecule has 0 bridgehead atoms. The molecule has 2 N–H and O–H groups in total. The van der Waals surface area contributed by atoms with Crippen LogP contribution in [0.4, 0.5) is 0 Å². The zero-order chi connectivity index (χ0) is 18.5. The van der Waals surface area contributed by atoms with Gasteiger partial charge in [0.15, 0.2) is 0 Å². The van der Waals surface area contributed by atoms with E-state index in [0.717, 1.165) is 10.8 Å². The number of carboxylic acids is 2. The first-order valence-electron chi connectivity index (χ1n) is 7.73. The Balaban J connectivity index is 0.000000187. The Bertz CT molecular complexity index is 1030. The summed E-state index contributed by atoms with van der Waals surface area (Å²) < 4.78 is 0. The van der Waals surface area contributed by atoms with Crippen molar-refractivity contribution in [2.75, 3.05) is 0 Å². The van der Waals surface area contributed by atoms with Crippen LogP contribution in [-0.2, 0) is 19.5 Å². The number of hydrogen-bond acceptors (Lipinski definition) is 4. The maximum Gasteiger partial charge on any atom is 0.354 e. The molecule has 6 nitrogen and oxygen atoms in total. The molecule has 2 aromatic heterocycles. The number of aromatic carboxylic acids is 2. The predicted molar refractivity (Wildman–Crippen MR) is 97.4 cm³/mol. The topological polar surface area (TPSA) is 100 Å². The Labute approximate surface area is 167 Å². The molecule has 0 saturated heterocycles. The van der Waals surface area contributed by atoms with Gasteiger partial charge in [-0.05, 0) is 24.3 Å². The molecule has 0 amide bonds. The van der Waals surface area contributed by atoms with Crippen molar-refractivity contribution < 1.29 is 39.3 Å². The first kappa shape index (κ1) is 20.1. The molecule has 130 valence electrons. The Hall–Kier alpha value is -3.18. The number of carbonyl (C=O) groups is 2. The number of pyridine rings is 2. The third-order valence-corrected chi connectivity index (χ3v) is 3.64. The summed E-state index contributed by atoms with van der Waals surface area (Å²) in [7, 11) is 0. The summed E-state index contributed by atoms with van der Waals surface area (Å²) in [6.07, 6.45) is 0. The van der Waals surface area contributed by atoms with Crippen LogP contribution in [0.25, 0.3) is 21.8 Å². The van der Waals surface area contributed by atoms with Crippen molar-refractivity contribution in [1.82, 2.24) is 9.97 Å². The smallest absolute Gasteiger partial charge is 0.354 e. The third-order valence-electron chi connectivity index (χ3n) is 3.64. The number of benzene rings is 2. The first-order valence-corrected chi connectivity index (χ1v) is 7.73. The van der Waals surface area contributed by atoms with E-state index in [1.54, 1.807) is 24.3 Å². The maximum atomic E-state index is 10.6. The van der Waals surface area contributed by atoms with E-state index in [0.29, 0.717) is 11.0 Å². The second kappa shape index (κ2) is 8.96. The van der Waals surface area contributed by atoms with Gasteiger partial charge in [-0.1, -0.05) is 48.5 Å². The van der Waals surface area contributed by atoms with E-state index in [4.69, 9.17) is 10.2 Å². The zero-order valence-corrected chi connectivity index (χ0v) is 17.2.